The summed E-state index contributed by atoms with van der Waals surface area (Å²) in [6, 6.07) is 3.98. The highest BCUT2D eigenvalue weighted by molar-refractivity contribution is 9.11. The molecule has 2 heterocycles. The molecule has 5 nitrogen and oxygen atoms in total. The Morgan fingerprint density at radius 1 is 1.50 bits per heavy atom. The molecular weight excluding hydrogens is 364 g/mol. The summed E-state index contributed by atoms with van der Waals surface area (Å²) in [5, 5.41) is 12.6. The van der Waals surface area contributed by atoms with E-state index in [0.29, 0.717) is 23.8 Å². The molecule has 1 atom stereocenters. The molecule has 1 unspecified atom stereocenters. The van der Waals surface area contributed by atoms with Gasteiger partial charge in [0.05, 0.1) is 12.0 Å². The van der Waals surface area contributed by atoms with Crippen LogP contribution in [-0.4, -0.2) is 15.1 Å². The second kappa shape index (κ2) is 5.59. The average molecular weight is 372 g/mol. The minimum atomic E-state index is -0.153. The monoisotopic (exact) mass is 370 g/mol. The van der Waals surface area contributed by atoms with Gasteiger partial charge >= 0.3 is 0 Å². The van der Waals surface area contributed by atoms with Crippen molar-refractivity contribution in [2.24, 2.45) is 5.92 Å². The van der Waals surface area contributed by atoms with Crippen LogP contribution in [0.5, 0.6) is 0 Å². The number of hydrogen-bond acceptors (Lipinski definition) is 5. The van der Waals surface area contributed by atoms with E-state index in [-0.39, 0.29) is 5.92 Å². The molecule has 0 aliphatic rings. The second-order valence-corrected chi connectivity index (χ2v) is 5.50. The fourth-order valence-corrected chi connectivity index (χ4v) is 2.49. The second-order valence-electron chi connectivity index (χ2n) is 3.73. The van der Waals surface area contributed by atoms with Crippen molar-refractivity contribution in [3.8, 4) is 17.6 Å². The molecule has 0 saturated heterocycles. The zero-order valence-electron chi connectivity index (χ0n) is 9.39. The molecule has 0 aliphatic carbocycles. The van der Waals surface area contributed by atoms with Gasteiger partial charge in [-0.3, -0.25) is 4.98 Å². The van der Waals surface area contributed by atoms with E-state index in [4.69, 9.17) is 9.78 Å². The van der Waals surface area contributed by atoms with Crippen LogP contribution in [0.2, 0.25) is 0 Å². The minimum absolute atomic E-state index is 0.153. The fraction of sp³-hybridized carbons (Fsp3) is 0.273. The summed E-state index contributed by atoms with van der Waals surface area (Å²) in [4.78, 5) is 8.44. The third-order valence-corrected chi connectivity index (χ3v) is 3.23. The van der Waals surface area contributed by atoms with Gasteiger partial charge in [-0.15, -0.1) is 0 Å². The molecule has 0 saturated carbocycles. The van der Waals surface area contributed by atoms with Crippen LogP contribution in [0.15, 0.2) is 25.7 Å². The summed E-state index contributed by atoms with van der Waals surface area (Å²) in [6.07, 6.45) is 2.10. The van der Waals surface area contributed by atoms with E-state index in [1.807, 2.05) is 6.07 Å². The number of pyridine rings is 1. The first-order valence-corrected chi connectivity index (χ1v) is 6.72. The largest absolute Gasteiger partial charge is 0.339 e. The molecule has 2 rings (SSSR count). The number of hydrogen-bond donors (Lipinski definition) is 0. The Labute approximate surface area is 120 Å². The van der Waals surface area contributed by atoms with Crippen molar-refractivity contribution in [2.45, 2.75) is 13.3 Å². The van der Waals surface area contributed by atoms with E-state index in [9.17, 15) is 0 Å². The number of halogens is 2. The van der Waals surface area contributed by atoms with Crippen molar-refractivity contribution in [3.05, 3.63) is 27.1 Å². The Kier molecular flexibility index (Phi) is 4.09. The fourth-order valence-electron chi connectivity index (χ4n) is 1.32. The van der Waals surface area contributed by atoms with Crippen molar-refractivity contribution in [2.75, 3.05) is 0 Å². The maximum Gasteiger partial charge on any atom is 0.228 e. The van der Waals surface area contributed by atoms with Gasteiger partial charge in [0.1, 0.15) is 5.69 Å². The van der Waals surface area contributed by atoms with Crippen molar-refractivity contribution in [1.29, 1.82) is 5.26 Å². The van der Waals surface area contributed by atoms with Crippen molar-refractivity contribution in [1.82, 2.24) is 15.1 Å². The molecule has 0 spiro atoms. The van der Waals surface area contributed by atoms with Gasteiger partial charge in [0.25, 0.3) is 0 Å². The quantitative estimate of drug-likeness (QED) is 0.826. The predicted octanol–water partition coefficient (Wildman–Crippen LogP) is 3.36. The van der Waals surface area contributed by atoms with Gasteiger partial charge in [-0.2, -0.15) is 10.2 Å². The van der Waals surface area contributed by atoms with Gasteiger partial charge in [0, 0.05) is 21.6 Å². The highest BCUT2D eigenvalue weighted by Crippen LogP contribution is 2.26. The van der Waals surface area contributed by atoms with Crippen LogP contribution < -0.4 is 0 Å². The Morgan fingerprint density at radius 3 is 2.94 bits per heavy atom. The van der Waals surface area contributed by atoms with Crippen molar-refractivity contribution in [3.63, 3.8) is 0 Å². The van der Waals surface area contributed by atoms with Crippen LogP contribution in [0.25, 0.3) is 11.5 Å². The first kappa shape index (κ1) is 13.2. The topological polar surface area (TPSA) is 75.6 Å². The third kappa shape index (κ3) is 2.94. The molecule has 7 heteroatoms. The van der Waals surface area contributed by atoms with Crippen LogP contribution >= 0.6 is 31.9 Å². The first-order valence-electron chi connectivity index (χ1n) is 5.13. The zero-order chi connectivity index (χ0) is 13.1. The van der Waals surface area contributed by atoms with E-state index >= 15 is 0 Å². The maximum atomic E-state index is 8.73. The Bertz CT molecular complexity index is 605. The maximum absolute atomic E-state index is 8.73. The molecule has 0 amide bonds. The lowest BCUT2D eigenvalue weighted by molar-refractivity contribution is 0.369. The van der Waals surface area contributed by atoms with Gasteiger partial charge in [-0.1, -0.05) is 5.16 Å². The van der Waals surface area contributed by atoms with Gasteiger partial charge in [-0.25, -0.2) is 0 Å². The van der Waals surface area contributed by atoms with Crippen LogP contribution in [-0.2, 0) is 6.42 Å². The Morgan fingerprint density at radius 2 is 2.28 bits per heavy atom. The molecule has 0 aromatic carbocycles. The molecule has 92 valence electrons. The average Bonchev–Trinajstić information content (AvgIpc) is 2.77. The minimum Gasteiger partial charge on any atom is -0.339 e. The van der Waals surface area contributed by atoms with Gasteiger partial charge in [-0.05, 0) is 44.8 Å². The Balaban J connectivity index is 2.27. The Hall–Kier alpha value is -1.26. The SMILES string of the molecule is CC(C#N)Cc1nc(-c2ncc(Br)cc2Br)no1. The van der Waals surface area contributed by atoms with Gasteiger partial charge in [0.2, 0.25) is 11.7 Å². The van der Waals surface area contributed by atoms with E-state index in [1.54, 1.807) is 13.1 Å². The number of nitriles is 1. The summed E-state index contributed by atoms with van der Waals surface area (Å²) in [6.45, 7) is 1.80. The predicted molar refractivity (Wildman–Crippen MR) is 71.4 cm³/mol. The summed E-state index contributed by atoms with van der Waals surface area (Å²) in [7, 11) is 0. The molecule has 2 aromatic heterocycles. The standard InChI is InChI=1S/C11H8Br2N4O/c1-6(4-14)2-9-16-11(17-18-9)10-8(13)3-7(12)5-15-10/h3,5-6H,2H2,1H3. The highest BCUT2D eigenvalue weighted by Gasteiger charge is 2.15. The molecule has 0 radical (unpaired) electrons. The van der Waals surface area contributed by atoms with Crippen LogP contribution in [0.4, 0.5) is 0 Å². The molecule has 0 bridgehead atoms. The van der Waals surface area contributed by atoms with Gasteiger partial charge in [0.15, 0.2) is 0 Å². The van der Waals surface area contributed by atoms with Gasteiger partial charge < -0.3 is 4.52 Å². The smallest absolute Gasteiger partial charge is 0.228 e. The van der Waals surface area contributed by atoms with Crippen molar-refractivity contribution < 1.29 is 4.52 Å². The summed E-state index contributed by atoms with van der Waals surface area (Å²) >= 11 is 6.71. The van der Waals surface area contributed by atoms with Crippen LogP contribution in [0.3, 0.4) is 0 Å². The van der Waals surface area contributed by atoms with Crippen LogP contribution in [0.1, 0.15) is 12.8 Å². The first-order chi connectivity index (χ1) is 8.60. The third-order valence-electron chi connectivity index (χ3n) is 2.19. The molecule has 0 N–H and O–H groups in total. The van der Waals surface area contributed by atoms with E-state index in [0.717, 1.165) is 8.95 Å². The molecule has 18 heavy (non-hydrogen) atoms. The summed E-state index contributed by atoms with van der Waals surface area (Å²) in [5.74, 6) is 0.699. The molecule has 0 aliphatic heterocycles. The number of rotatable bonds is 3. The lowest BCUT2D eigenvalue weighted by Crippen LogP contribution is -1.96. The highest BCUT2D eigenvalue weighted by atomic mass is 79.9. The van der Waals surface area contributed by atoms with Crippen molar-refractivity contribution >= 4 is 31.9 Å². The number of nitrogens with zero attached hydrogens (tertiary/aromatic N) is 4. The lowest BCUT2D eigenvalue weighted by atomic mass is 10.1. The van der Waals surface area contributed by atoms with E-state index in [1.165, 1.54) is 0 Å². The summed E-state index contributed by atoms with van der Waals surface area (Å²) < 4.78 is 6.73. The van der Waals surface area contributed by atoms with E-state index in [2.05, 4.69) is 53.1 Å². The van der Waals surface area contributed by atoms with E-state index < -0.39 is 0 Å². The summed E-state index contributed by atoms with van der Waals surface area (Å²) in [5.41, 5.74) is 0.609. The normalized spacial score (nSPS) is 12.1. The molecular formula is C11H8Br2N4O. The molecule has 2 aromatic rings. The molecule has 0 fully saturated rings. The lowest BCUT2D eigenvalue weighted by Gasteiger charge is -1.98. The zero-order valence-corrected chi connectivity index (χ0v) is 12.6. The number of aromatic nitrogens is 3. The van der Waals surface area contributed by atoms with Crippen LogP contribution in [0, 0.1) is 17.2 Å².